The molecule has 9 heteroatoms. The van der Waals surface area contributed by atoms with E-state index in [4.69, 9.17) is 9.47 Å². The van der Waals surface area contributed by atoms with Crippen molar-refractivity contribution < 1.29 is 27.5 Å². The van der Waals surface area contributed by atoms with Crippen LogP contribution in [0.5, 0.6) is 5.75 Å². The number of amides is 2. The Hall–Kier alpha value is -3.33. The molecule has 2 N–H and O–H groups in total. The van der Waals surface area contributed by atoms with Crippen LogP contribution in [0.3, 0.4) is 0 Å². The number of hydrogen-bond acceptors (Lipinski definition) is 6. The lowest BCUT2D eigenvalue weighted by Crippen LogP contribution is -2.47. The van der Waals surface area contributed by atoms with Crippen LogP contribution in [0.1, 0.15) is 17.2 Å². The van der Waals surface area contributed by atoms with Crippen molar-refractivity contribution >= 4 is 21.8 Å². The normalized spacial score (nSPS) is 16.5. The lowest BCUT2D eigenvalue weighted by atomic mass is 9.95. The van der Waals surface area contributed by atoms with E-state index in [1.54, 1.807) is 12.1 Å². The molecule has 0 aliphatic carbocycles. The zero-order valence-corrected chi connectivity index (χ0v) is 17.6. The summed E-state index contributed by atoms with van der Waals surface area (Å²) < 4.78 is 35.8. The number of aryl methyl sites for hydroxylation is 1. The lowest BCUT2D eigenvalue weighted by molar-refractivity contribution is -0.136. The van der Waals surface area contributed by atoms with Gasteiger partial charge in [-0.15, -0.1) is 0 Å². The van der Waals surface area contributed by atoms with Crippen LogP contribution in [0.15, 0.2) is 64.7 Å². The number of benzene rings is 2. The molecule has 1 aliphatic rings. The number of carbonyl (C=O) groups excluding carboxylic acids is 2. The van der Waals surface area contributed by atoms with E-state index < -0.39 is 33.6 Å². The average Bonchev–Trinajstić information content (AvgIpc) is 2.73. The molecule has 1 heterocycles. The van der Waals surface area contributed by atoms with Gasteiger partial charge in [0.1, 0.15) is 5.75 Å². The molecule has 2 aromatic carbocycles. The van der Waals surface area contributed by atoms with E-state index in [0.29, 0.717) is 11.3 Å². The lowest BCUT2D eigenvalue weighted by Gasteiger charge is -2.29. The minimum absolute atomic E-state index is 0.0213. The molecule has 2 aromatic rings. The number of ether oxygens (including phenoxy) is 2. The van der Waals surface area contributed by atoms with Crippen LogP contribution in [-0.4, -0.2) is 40.4 Å². The van der Waals surface area contributed by atoms with Crippen molar-refractivity contribution in [3.63, 3.8) is 0 Å². The molecule has 30 heavy (non-hydrogen) atoms. The highest BCUT2D eigenvalue weighted by Crippen LogP contribution is 2.29. The maximum atomic E-state index is 13.0. The van der Waals surface area contributed by atoms with E-state index in [1.165, 1.54) is 38.5 Å². The van der Waals surface area contributed by atoms with Crippen molar-refractivity contribution in [3.05, 3.63) is 70.9 Å². The van der Waals surface area contributed by atoms with E-state index in [9.17, 15) is 18.0 Å². The summed E-state index contributed by atoms with van der Waals surface area (Å²) in [5, 5.41) is 5.13. The summed E-state index contributed by atoms with van der Waals surface area (Å²) in [4.78, 5) is 24.9. The SMILES string of the molecule is COC(=O)C1=C(CS(=O)(=O)c2ccc(OC)cc2)NC(=O)NC1c1ccc(C)cc1. The fourth-order valence-electron chi connectivity index (χ4n) is 3.15. The van der Waals surface area contributed by atoms with Crippen LogP contribution >= 0.6 is 0 Å². The van der Waals surface area contributed by atoms with Crippen molar-refractivity contribution in [2.24, 2.45) is 0 Å². The van der Waals surface area contributed by atoms with E-state index in [2.05, 4.69) is 10.6 Å². The number of sulfone groups is 1. The van der Waals surface area contributed by atoms with Crippen molar-refractivity contribution in [3.8, 4) is 5.75 Å². The number of esters is 1. The Balaban J connectivity index is 2.05. The second kappa shape index (κ2) is 8.58. The minimum Gasteiger partial charge on any atom is -0.497 e. The first-order valence-corrected chi connectivity index (χ1v) is 10.7. The van der Waals surface area contributed by atoms with Gasteiger partial charge in [0.2, 0.25) is 0 Å². The van der Waals surface area contributed by atoms with Gasteiger partial charge in [-0.05, 0) is 36.8 Å². The van der Waals surface area contributed by atoms with Crippen LogP contribution < -0.4 is 15.4 Å². The van der Waals surface area contributed by atoms with Crippen molar-refractivity contribution in [1.82, 2.24) is 10.6 Å². The van der Waals surface area contributed by atoms with Gasteiger partial charge < -0.3 is 20.1 Å². The molecule has 0 radical (unpaired) electrons. The van der Waals surface area contributed by atoms with Crippen LogP contribution in [-0.2, 0) is 19.4 Å². The maximum Gasteiger partial charge on any atom is 0.338 e. The third-order valence-corrected chi connectivity index (χ3v) is 6.38. The molecule has 0 bridgehead atoms. The predicted molar refractivity (Wildman–Crippen MR) is 110 cm³/mol. The van der Waals surface area contributed by atoms with Crippen molar-refractivity contribution in [2.75, 3.05) is 20.0 Å². The van der Waals surface area contributed by atoms with E-state index >= 15 is 0 Å². The largest absolute Gasteiger partial charge is 0.497 e. The predicted octanol–water partition coefficient (Wildman–Crippen LogP) is 2.26. The Kier molecular flexibility index (Phi) is 6.12. The summed E-state index contributed by atoms with van der Waals surface area (Å²) in [7, 11) is -1.18. The molecule has 0 aromatic heterocycles. The topological polar surface area (TPSA) is 111 Å². The van der Waals surface area contributed by atoms with Gasteiger partial charge in [0.15, 0.2) is 9.84 Å². The molecule has 1 atom stereocenters. The van der Waals surface area contributed by atoms with Gasteiger partial charge in [-0.1, -0.05) is 29.8 Å². The molecule has 3 rings (SSSR count). The summed E-state index contributed by atoms with van der Waals surface area (Å²) in [6.07, 6.45) is 0. The monoisotopic (exact) mass is 430 g/mol. The van der Waals surface area contributed by atoms with Crippen LogP contribution in [0.4, 0.5) is 4.79 Å². The highest BCUT2D eigenvalue weighted by Gasteiger charge is 2.35. The highest BCUT2D eigenvalue weighted by molar-refractivity contribution is 7.91. The van der Waals surface area contributed by atoms with Gasteiger partial charge >= 0.3 is 12.0 Å². The summed E-state index contributed by atoms with van der Waals surface area (Å²) >= 11 is 0. The standard InChI is InChI=1S/C21H22N2O6S/c1-13-4-6-14(7-5-13)19-18(20(24)29-3)17(22-21(25)23-19)12-30(26,27)16-10-8-15(28-2)9-11-16/h4-11,19H,12H2,1-3H3,(H2,22,23,25). The Labute approximate surface area is 174 Å². The molecule has 0 spiro atoms. The number of nitrogens with one attached hydrogen (secondary N) is 2. The molecular weight excluding hydrogens is 408 g/mol. The number of methoxy groups -OCH3 is 2. The zero-order valence-electron chi connectivity index (χ0n) is 16.8. The van der Waals surface area contributed by atoms with Crippen LogP contribution in [0, 0.1) is 6.92 Å². The van der Waals surface area contributed by atoms with E-state index in [-0.39, 0.29) is 16.2 Å². The number of carbonyl (C=O) groups is 2. The number of urea groups is 1. The van der Waals surface area contributed by atoms with Gasteiger partial charge in [0, 0.05) is 5.70 Å². The maximum absolute atomic E-state index is 13.0. The smallest absolute Gasteiger partial charge is 0.338 e. The average molecular weight is 430 g/mol. The fraction of sp³-hybridized carbons (Fsp3) is 0.238. The van der Waals surface area contributed by atoms with Gasteiger partial charge in [0.05, 0.1) is 36.5 Å². The third kappa shape index (κ3) is 4.46. The summed E-state index contributed by atoms with van der Waals surface area (Å²) in [5.41, 5.74) is 1.66. The summed E-state index contributed by atoms with van der Waals surface area (Å²) in [6, 6.07) is 11.6. The van der Waals surface area contributed by atoms with Gasteiger partial charge in [-0.3, -0.25) is 0 Å². The van der Waals surface area contributed by atoms with Crippen LogP contribution in [0.25, 0.3) is 0 Å². The van der Waals surface area contributed by atoms with Crippen molar-refractivity contribution in [1.29, 1.82) is 0 Å². The second-order valence-corrected chi connectivity index (χ2v) is 8.75. The van der Waals surface area contributed by atoms with Gasteiger partial charge in [-0.2, -0.15) is 0 Å². The number of hydrogen-bond donors (Lipinski definition) is 2. The molecule has 8 nitrogen and oxygen atoms in total. The molecule has 0 fully saturated rings. The molecule has 2 amide bonds. The molecule has 0 saturated heterocycles. The first-order valence-electron chi connectivity index (χ1n) is 9.07. The van der Waals surface area contributed by atoms with E-state index in [0.717, 1.165) is 5.56 Å². The Morgan fingerprint density at radius 1 is 1.03 bits per heavy atom. The second-order valence-electron chi connectivity index (χ2n) is 6.76. The molecule has 0 saturated carbocycles. The number of rotatable bonds is 6. The van der Waals surface area contributed by atoms with Gasteiger partial charge in [-0.25, -0.2) is 18.0 Å². The first kappa shape index (κ1) is 21.4. The molecular formula is C21H22N2O6S. The fourth-order valence-corrected chi connectivity index (χ4v) is 4.47. The Morgan fingerprint density at radius 2 is 1.67 bits per heavy atom. The first-order chi connectivity index (χ1) is 14.2. The summed E-state index contributed by atoms with van der Waals surface area (Å²) in [5.74, 6) is -0.787. The van der Waals surface area contributed by atoms with Crippen molar-refractivity contribution in [2.45, 2.75) is 17.9 Å². The molecule has 1 unspecified atom stereocenters. The van der Waals surface area contributed by atoms with Gasteiger partial charge in [0.25, 0.3) is 0 Å². The highest BCUT2D eigenvalue weighted by atomic mass is 32.2. The Bertz CT molecular complexity index is 1090. The van der Waals surface area contributed by atoms with Crippen LogP contribution in [0.2, 0.25) is 0 Å². The quantitative estimate of drug-likeness (QED) is 0.680. The molecule has 158 valence electrons. The molecule has 1 aliphatic heterocycles. The zero-order chi connectivity index (χ0) is 21.9. The summed E-state index contributed by atoms with van der Waals surface area (Å²) in [6.45, 7) is 1.91. The minimum atomic E-state index is -3.86. The van der Waals surface area contributed by atoms with E-state index in [1.807, 2.05) is 19.1 Å². The third-order valence-electron chi connectivity index (χ3n) is 4.72. The Morgan fingerprint density at radius 3 is 2.23 bits per heavy atom.